The summed E-state index contributed by atoms with van der Waals surface area (Å²) in [6.07, 6.45) is -7.05. The van der Waals surface area contributed by atoms with Gasteiger partial charge in [-0.25, -0.2) is 4.79 Å². The molecule has 0 fully saturated rings. The Morgan fingerprint density at radius 1 is 0.833 bits per heavy atom. The SMILES string of the molecule is O=C(/C=C/c1ccc(OC(F)(F)c2ccc(OCCCC(F)(F)F)cc2)cc1)OCc1cc([N+](=O)[O-])cc([N+](=O)[O-])c1. The third-order valence-electron chi connectivity index (χ3n) is 5.37. The fraction of sp³-hybridized carbons (Fsp3) is 0.222. The Bertz CT molecular complexity index is 1410. The molecule has 0 bridgehead atoms. The van der Waals surface area contributed by atoms with Crippen molar-refractivity contribution in [3.05, 3.63) is 110 Å². The number of nitrogens with zero attached hydrogens (tertiary/aromatic N) is 2. The molecule has 0 aliphatic rings. The molecule has 0 unspecified atom stereocenters. The number of halogens is 5. The Hall–Kier alpha value is -5.08. The zero-order valence-corrected chi connectivity index (χ0v) is 21.4. The number of nitro benzene ring substituents is 2. The maximum atomic E-state index is 14.6. The number of nitro groups is 2. The Morgan fingerprint density at radius 3 is 1.95 bits per heavy atom. The largest absolute Gasteiger partial charge is 0.494 e. The van der Waals surface area contributed by atoms with Gasteiger partial charge in [-0.2, -0.15) is 22.0 Å². The minimum absolute atomic E-state index is 0.0307. The van der Waals surface area contributed by atoms with Gasteiger partial charge in [0.15, 0.2) is 0 Å². The highest BCUT2D eigenvalue weighted by Crippen LogP contribution is 2.33. The van der Waals surface area contributed by atoms with Gasteiger partial charge >= 0.3 is 18.3 Å². The number of esters is 1. The first kappa shape index (κ1) is 31.4. The monoisotopic (exact) mass is 596 g/mol. The van der Waals surface area contributed by atoms with Gasteiger partial charge in [-0.3, -0.25) is 20.2 Å². The predicted octanol–water partition coefficient (Wildman–Crippen LogP) is 7.11. The summed E-state index contributed by atoms with van der Waals surface area (Å²) in [6, 6.07) is 12.4. The van der Waals surface area contributed by atoms with Gasteiger partial charge in [-0.15, -0.1) is 0 Å². The fourth-order valence-electron chi connectivity index (χ4n) is 3.38. The first-order chi connectivity index (χ1) is 19.7. The molecule has 0 aliphatic carbocycles. The molecule has 10 nitrogen and oxygen atoms in total. The van der Waals surface area contributed by atoms with Gasteiger partial charge in [0, 0.05) is 30.2 Å². The van der Waals surface area contributed by atoms with Crippen molar-refractivity contribution in [1.29, 1.82) is 0 Å². The first-order valence-electron chi connectivity index (χ1n) is 12.0. The first-order valence-corrected chi connectivity index (χ1v) is 12.0. The van der Waals surface area contributed by atoms with Crippen LogP contribution in [0.4, 0.5) is 33.3 Å². The van der Waals surface area contributed by atoms with Gasteiger partial charge in [0.05, 0.1) is 28.1 Å². The molecule has 42 heavy (non-hydrogen) atoms. The highest BCUT2D eigenvalue weighted by Gasteiger charge is 2.34. The minimum Gasteiger partial charge on any atom is -0.494 e. The standard InChI is InChI=1S/C27H21F5N2O8/c28-26(29,30)12-1-13-40-23-9-5-20(6-10-23)27(31,32)42-24-7-2-18(3-8-24)4-11-25(35)41-17-19-14-21(33(36)37)16-22(15-19)34(38)39/h2-11,14-16H,1,12-13,17H2/b11-4+. The highest BCUT2D eigenvalue weighted by atomic mass is 19.4. The van der Waals surface area contributed by atoms with Crippen molar-refractivity contribution in [2.24, 2.45) is 0 Å². The number of hydrogen-bond donors (Lipinski definition) is 0. The molecule has 0 saturated heterocycles. The maximum absolute atomic E-state index is 14.6. The summed E-state index contributed by atoms with van der Waals surface area (Å²) in [5.74, 6) is -0.957. The molecule has 3 rings (SSSR count). The van der Waals surface area contributed by atoms with E-state index in [1.54, 1.807) is 0 Å². The quantitative estimate of drug-likeness (QED) is 0.0510. The second-order valence-corrected chi connectivity index (χ2v) is 8.59. The van der Waals surface area contributed by atoms with E-state index in [-0.39, 0.29) is 30.1 Å². The second-order valence-electron chi connectivity index (χ2n) is 8.59. The van der Waals surface area contributed by atoms with Gasteiger partial charge in [0.25, 0.3) is 11.4 Å². The summed E-state index contributed by atoms with van der Waals surface area (Å²) in [4.78, 5) is 32.3. The van der Waals surface area contributed by atoms with Crippen LogP contribution in [0.3, 0.4) is 0 Å². The third kappa shape index (κ3) is 9.83. The molecule has 0 N–H and O–H groups in total. The van der Waals surface area contributed by atoms with Crippen LogP contribution in [0.1, 0.15) is 29.5 Å². The molecule has 3 aromatic rings. The molecule has 0 atom stereocenters. The van der Waals surface area contributed by atoms with Crippen LogP contribution < -0.4 is 9.47 Å². The normalized spacial score (nSPS) is 11.7. The molecule has 0 aromatic heterocycles. The lowest BCUT2D eigenvalue weighted by molar-refractivity contribution is -0.394. The lowest BCUT2D eigenvalue weighted by Crippen LogP contribution is -2.21. The number of hydrogen-bond acceptors (Lipinski definition) is 8. The molecule has 0 aliphatic heterocycles. The van der Waals surface area contributed by atoms with E-state index in [9.17, 15) is 47.0 Å². The van der Waals surface area contributed by atoms with E-state index in [0.717, 1.165) is 36.4 Å². The van der Waals surface area contributed by atoms with E-state index < -0.39 is 58.1 Å². The summed E-state index contributed by atoms with van der Waals surface area (Å²) in [5, 5.41) is 21.9. The highest BCUT2D eigenvalue weighted by molar-refractivity contribution is 5.87. The number of non-ortho nitro benzene ring substituents is 2. The minimum atomic E-state index is -4.31. The van der Waals surface area contributed by atoms with Crippen molar-refractivity contribution in [3.8, 4) is 11.5 Å². The van der Waals surface area contributed by atoms with Crippen molar-refractivity contribution >= 4 is 23.4 Å². The Morgan fingerprint density at radius 2 is 1.40 bits per heavy atom. The van der Waals surface area contributed by atoms with Crippen LogP contribution in [0, 0.1) is 20.2 Å². The van der Waals surface area contributed by atoms with Crippen molar-refractivity contribution in [2.45, 2.75) is 31.7 Å². The van der Waals surface area contributed by atoms with Gasteiger partial charge in [0.2, 0.25) is 0 Å². The predicted molar refractivity (Wildman–Crippen MR) is 137 cm³/mol. The van der Waals surface area contributed by atoms with Gasteiger partial charge in [-0.1, -0.05) is 12.1 Å². The van der Waals surface area contributed by atoms with Gasteiger partial charge < -0.3 is 14.2 Å². The molecule has 222 valence electrons. The van der Waals surface area contributed by atoms with E-state index in [0.29, 0.717) is 5.56 Å². The molecule has 15 heteroatoms. The smallest absolute Gasteiger partial charge is 0.426 e. The fourth-order valence-corrected chi connectivity index (χ4v) is 3.38. The van der Waals surface area contributed by atoms with Gasteiger partial charge in [0.1, 0.15) is 18.1 Å². The average Bonchev–Trinajstić information content (AvgIpc) is 2.93. The lowest BCUT2D eigenvalue weighted by atomic mass is 10.2. The average molecular weight is 596 g/mol. The van der Waals surface area contributed by atoms with Crippen molar-refractivity contribution in [3.63, 3.8) is 0 Å². The Balaban J connectivity index is 1.52. The molecule has 0 radical (unpaired) electrons. The zero-order valence-electron chi connectivity index (χ0n) is 21.4. The number of carbonyl (C=O) groups is 1. The van der Waals surface area contributed by atoms with Crippen LogP contribution in [0.5, 0.6) is 11.5 Å². The van der Waals surface area contributed by atoms with E-state index in [1.165, 1.54) is 42.5 Å². The van der Waals surface area contributed by atoms with Crippen LogP contribution in [0.2, 0.25) is 0 Å². The summed E-state index contributed by atoms with van der Waals surface area (Å²) < 4.78 is 80.6. The van der Waals surface area contributed by atoms with Crippen LogP contribution in [0.15, 0.2) is 72.8 Å². The summed E-state index contributed by atoms with van der Waals surface area (Å²) >= 11 is 0. The van der Waals surface area contributed by atoms with Crippen molar-refractivity contribution in [2.75, 3.05) is 6.61 Å². The number of rotatable bonds is 13. The van der Waals surface area contributed by atoms with Crippen LogP contribution in [-0.2, 0) is 22.2 Å². The van der Waals surface area contributed by atoms with E-state index in [2.05, 4.69) is 0 Å². The third-order valence-corrected chi connectivity index (χ3v) is 5.37. The van der Waals surface area contributed by atoms with E-state index >= 15 is 0 Å². The van der Waals surface area contributed by atoms with E-state index in [4.69, 9.17) is 14.2 Å². The van der Waals surface area contributed by atoms with Gasteiger partial charge in [-0.05, 0) is 54.5 Å². The number of carbonyl (C=O) groups excluding carboxylic acids is 1. The second kappa shape index (κ2) is 13.5. The van der Waals surface area contributed by atoms with Crippen molar-refractivity contribution < 1.29 is 50.8 Å². The molecule has 0 amide bonds. The zero-order chi connectivity index (χ0) is 30.9. The lowest BCUT2D eigenvalue weighted by Gasteiger charge is -2.18. The molecule has 3 aromatic carbocycles. The number of benzene rings is 3. The number of alkyl halides is 5. The Kier molecular flexibility index (Phi) is 10.1. The summed E-state index contributed by atoms with van der Waals surface area (Å²) in [7, 11) is 0. The summed E-state index contributed by atoms with van der Waals surface area (Å²) in [6.45, 7) is -0.703. The maximum Gasteiger partial charge on any atom is 0.426 e. The van der Waals surface area contributed by atoms with E-state index in [1.807, 2.05) is 0 Å². The van der Waals surface area contributed by atoms with Crippen molar-refractivity contribution in [1.82, 2.24) is 0 Å². The van der Waals surface area contributed by atoms with Crippen LogP contribution in [0.25, 0.3) is 6.08 Å². The van der Waals surface area contributed by atoms with Crippen LogP contribution >= 0.6 is 0 Å². The Labute approximate surface area is 234 Å². The summed E-state index contributed by atoms with van der Waals surface area (Å²) in [5.41, 5.74) is -1.17. The topological polar surface area (TPSA) is 131 Å². The molecule has 0 spiro atoms. The molecular formula is C27H21F5N2O8. The molecular weight excluding hydrogens is 575 g/mol. The molecule has 0 heterocycles. The van der Waals surface area contributed by atoms with Crippen LogP contribution in [-0.4, -0.2) is 28.6 Å². The number of ether oxygens (including phenoxy) is 3. The molecule has 0 saturated carbocycles.